The highest BCUT2D eigenvalue weighted by Gasteiger charge is 2.30. The lowest BCUT2D eigenvalue weighted by molar-refractivity contribution is -0.137. The third kappa shape index (κ3) is 4.87. The van der Waals surface area contributed by atoms with E-state index >= 15 is 0 Å². The summed E-state index contributed by atoms with van der Waals surface area (Å²) in [5.41, 5.74) is -0.659. The number of thioether (sulfide) groups is 1. The van der Waals surface area contributed by atoms with Crippen LogP contribution in [0.25, 0.3) is 0 Å². The summed E-state index contributed by atoms with van der Waals surface area (Å²) >= 11 is 1.47. The molecule has 1 aromatic carbocycles. The lowest BCUT2D eigenvalue weighted by atomic mass is 9.84. The van der Waals surface area contributed by atoms with Crippen molar-refractivity contribution in [3.05, 3.63) is 29.8 Å². The molecule has 0 bridgehead atoms. The van der Waals surface area contributed by atoms with Gasteiger partial charge in [-0.3, -0.25) is 9.59 Å². The highest BCUT2D eigenvalue weighted by atomic mass is 32.2. The maximum absolute atomic E-state index is 12.5. The predicted molar refractivity (Wildman–Crippen MR) is 78.7 cm³/mol. The van der Waals surface area contributed by atoms with Crippen molar-refractivity contribution in [2.75, 3.05) is 0 Å². The second kappa shape index (κ2) is 6.86. The zero-order chi connectivity index (χ0) is 16.3. The summed E-state index contributed by atoms with van der Waals surface area (Å²) in [6.45, 7) is 1.96. The van der Waals surface area contributed by atoms with Gasteiger partial charge in [-0.2, -0.15) is 13.2 Å². The molecule has 0 saturated heterocycles. The van der Waals surface area contributed by atoms with Crippen molar-refractivity contribution in [3.8, 4) is 0 Å². The van der Waals surface area contributed by atoms with Crippen molar-refractivity contribution < 1.29 is 22.8 Å². The molecular formula is C16H17F3O2S. The van der Waals surface area contributed by atoms with Gasteiger partial charge < -0.3 is 0 Å². The van der Waals surface area contributed by atoms with Gasteiger partial charge >= 0.3 is 6.18 Å². The van der Waals surface area contributed by atoms with Gasteiger partial charge in [-0.25, -0.2) is 0 Å². The first-order valence-corrected chi connectivity index (χ1v) is 7.99. The third-order valence-corrected chi connectivity index (χ3v) is 4.75. The Bertz CT molecular complexity index is 536. The van der Waals surface area contributed by atoms with E-state index in [2.05, 4.69) is 0 Å². The standard InChI is InChI=1S/C16H17F3O2S/c1-10(6-11-7-13(20)9-14(21)8-11)22-15-4-2-12(3-5-15)16(17,18)19/h2-5,10-11H,6-9H2,1H3. The zero-order valence-corrected chi connectivity index (χ0v) is 13.0. The van der Waals surface area contributed by atoms with Crippen LogP contribution in [0.15, 0.2) is 29.2 Å². The van der Waals surface area contributed by atoms with Crippen molar-refractivity contribution in [1.29, 1.82) is 0 Å². The smallest absolute Gasteiger partial charge is 0.299 e. The highest BCUT2D eigenvalue weighted by molar-refractivity contribution is 7.99. The summed E-state index contributed by atoms with van der Waals surface area (Å²) in [6, 6.07) is 5.06. The third-order valence-electron chi connectivity index (χ3n) is 3.61. The summed E-state index contributed by atoms with van der Waals surface area (Å²) in [7, 11) is 0. The van der Waals surface area contributed by atoms with Gasteiger partial charge in [-0.15, -0.1) is 11.8 Å². The Morgan fingerprint density at radius 2 is 1.68 bits per heavy atom. The minimum atomic E-state index is -4.32. The number of Topliss-reactive ketones (excluding diaryl/α,β-unsaturated/α-hetero) is 2. The van der Waals surface area contributed by atoms with E-state index in [9.17, 15) is 22.8 Å². The first kappa shape index (κ1) is 17.1. The SMILES string of the molecule is CC(CC1CC(=O)CC(=O)C1)Sc1ccc(C(F)(F)F)cc1. The fourth-order valence-corrected chi connectivity index (χ4v) is 3.85. The molecule has 0 N–H and O–H groups in total. The van der Waals surface area contributed by atoms with Gasteiger partial charge in [0.2, 0.25) is 0 Å². The molecule has 0 aromatic heterocycles. The molecule has 1 atom stereocenters. The highest BCUT2D eigenvalue weighted by Crippen LogP contribution is 2.34. The molecule has 1 fully saturated rings. The Labute approximate surface area is 131 Å². The molecule has 0 radical (unpaired) electrons. The Morgan fingerprint density at radius 3 is 2.18 bits per heavy atom. The summed E-state index contributed by atoms with van der Waals surface area (Å²) in [5.74, 6) is 0.0478. The van der Waals surface area contributed by atoms with Gasteiger partial charge in [0.25, 0.3) is 0 Å². The quantitative estimate of drug-likeness (QED) is 0.601. The maximum atomic E-state index is 12.5. The van der Waals surface area contributed by atoms with Gasteiger partial charge in [0, 0.05) is 23.0 Å². The van der Waals surface area contributed by atoms with Crippen molar-refractivity contribution in [2.45, 2.75) is 48.9 Å². The molecule has 0 spiro atoms. The normalized spacial score (nSPS) is 18.5. The monoisotopic (exact) mass is 330 g/mol. The predicted octanol–water partition coefficient (Wildman–Crippen LogP) is 4.51. The number of hydrogen-bond donors (Lipinski definition) is 0. The van der Waals surface area contributed by atoms with Crippen LogP contribution in [0.4, 0.5) is 13.2 Å². The molecule has 1 saturated carbocycles. The number of carbonyl (C=O) groups is 2. The molecule has 0 amide bonds. The molecule has 6 heteroatoms. The zero-order valence-electron chi connectivity index (χ0n) is 12.2. The van der Waals surface area contributed by atoms with Crippen LogP contribution >= 0.6 is 11.8 Å². The minimum Gasteiger partial charge on any atom is -0.299 e. The number of ketones is 2. The second-order valence-corrected chi connectivity index (χ2v) is 7.23. The van der Waals surface area contributed by atoms with Crippen LogP contribution in [0.3, 0.4) is 0 Å². The number of carbonyl (C=O) groups excluding carboxylic acids is 2. The van der Waals surface area contributed by atoms with E-state index in [4.69, 9.17) is 0 Å². The fraction of sp³-hybridized carbons (Fsp3) is 0.500. The number of benzene rings is 1. The number of rotatable bonds is 4. The van der Waals surface area contributed by atoms with Crippen LogP contribution < -0.4 is 0 Å². The van der Waals surface area contributed by atoms with Crippen molar-refractivity contribution >= 4 is 23.3 Å². The summed E-state index contributed by atoms with van der Waals surface area (Å²) in [5, 5.41) is 0.139. The molecule has 22 heavy (non-hydrogen) atoms. The molecule has 0 aliphatic heterocycles. The molecule has 1 aromatic rings. The van der Waals surface area contributed by atoms with Crippen molar-refractivity contribution in [3.63, 3.8) is 0 Å². The maximum Gasteiger partial charge on any atom is 0.416 e. The van der Waals surface area contributed by atoms with Crippen LogP contribution in [0, 0.1) is 5.92 Å². The Morgan fingerprint density at radius 1 is 1.14 bits per heavy atom. The number of alkyl halides is 3. The largest absolute Gasteiger partial charge is 0.416 e. The topological polar surface area (TPSA) is 34.1 Å². The summed E-state index contributed by atoms with van der Waals surface area (Å²) < 4.78 is 37.5. The van der Waals surface area contributed by atoms with Crippen LogP contribution in [0.5, 0.6) is 0 Å². The van der Waals surface area contributed by atoms with Gasteiger partial charge in [0.05, 0.1) is 12.0 Å². The average Bonchev–Trinajstić information content (AvgIpc) is 2.36. The molecule has 2 nitrogen and oxygen atoms in total. The first-order chi connectivity index (χ1) is 10.2. The molecule has 1 aliphatic carbocycles. The summed E-state index contributed by atoms with van der Waals surface area (Å²) in [4.78, 5) is 23.6. The molecule has 120 valence electrons. The lowest BCUT2D eigenvalue weighted by Crippen LogP contribution is -2.24. The van der Waals surface area contributed by atoms with E-state index in [1.807, 2.05) is 6.92 Å². The van der Waals surface area contributed by atoms with Gasteiger partial charge in [0.15, 0.2) is 0 Å². The van der Waals surface area contributed by atoms with E-state index in [0.29, 0.717) is 19.3 Å². The molecule has 2 rings (SSSR count). The van der Waals surface area contributed by atoms with Crippen molar-refractivity contribution in [1.82, 2.24) is 0 Å². The second-order valence-electron chi connectivity index (χ2n) is 5.71. The van der Waals surface area contributed by atoms with Crippen LogP contribution in [-0.2, 0) is 15.8 Å². The Balaban J connectivity index is 1.90. The van der Waals surface area contributed by atoms with Gasteiger partial charge in [-0.1, -0.05) is 6.92 Å². The molecule has 1 unspecified atom stereocenters. The van der Waals surface area contributed by atoms with Crippen LogP contribution in [-0.4, -0.2) is 16.8 Å². The van der Waals surface area contributed by atoms with E-state index in [1.165, 1.54) is 23.9 Å². The van der Waals surface area contributed by atoms with Crippen molar-refractivity contribution in [2.24, 2.45) is 5.92 Å². The molecule has 1 aliphatic rings. The Kier molecular flexibility index (Phi) is 5.32. The number of halogens is 3. The number of hydrogen-bond acceptors (Lipinski definition) is 3. The fourth-order valence-electron chi connectivity index (χ4n) is 2.72. The first-order valence-electron chi connectivity index (χ1n) is 7.11. The lowest BCUT2D eigenvalue weighted by Gasteiger charge is -2.23. The van der Waals surface area contributed by atoms with Crippen LogP contribution in [0.2, 0.25) is 0 Å². The van der Waals surface area contributed by atoms with Gasteiger partial charge in [-0.05, 0) is 36.6 Å². The van der Waals surface area contributed by atoms with E-state index in [1.54, 1.807) is 0 Å². The minimum absolute atomic E-state index is 0.00650. The molecule has 0 heterocycles. The van der Waals surface area contributed by atoms with Gasteiger partial charge in [0.1, 0.15) is 11.6 Å². The van der Waals surface area contributed by atoms with E-state index < -0.39 is 11.7 Å². The van der Waals surface area contributed by atoms with E-state index in [0.717, 1.165) is 17.0 Å². The molecular weight excluding hydrogens is 313 g/mol. The average molecular weight is 330 g/mol. The summed E-state index contributed by atoms with van der Waals surface area (Å²) in [6.07, 6.45) is -2.69. The Hall–Kier alpha value is -1.30. The van der Waals surface area contributed by atoms with Crippen LogP contribution in [0.1, 0.15) is 38.2 Å². The van der Waals surface area contributed by atoms with E-state index in [-0.39, 0.29) is 29.2 Å².